The Morgan fingerprint density at radius 2 is 1.55 bits per heavy atom. The third kappa shape index (κ3) is 6.44. The van der Waals surface area contributed by atoms with Crippen LogP contribution in [-0.2, 0) is 6.61 Å². The second-order valence-electron chi connectivity index (χ2n) is 3.80. The zero-order valence-corrected chi connectivity index (χ0v) is 14.1. The van der Waals surface area contributed by atoms with E-state index < -0.39 is 0 Å². The average Bonchev–Trinajstić information content (AvgIpc) is 2.64. The second kappa shape index (κ2) is 12.5. The van der Waals surface area contributed by atoms with Crippen LogP contribution in [-0.4, -0.2) is 13.4 Å². The lowest BCUT2D eigenvalue weighted by Gasteiger charge is -2.10. The molecule has 22 heavy (non-hydrogen) atoms. The van der Waals surface area contributed by atoms with Crippen LogP contribution >= 0.6 is 0 Å². The number of aldehydes is 1. The molecule has 0 bridgehead atoms. The van der Waals surface area contributed by atoms with Gasteiger partial charge in [0.25, 0.3) is 0 Å². The molecule has 0 atom stereocenters. The number of benzene rings is 2. The molecule has 120 valence electrons. The van der Waals surface area contributed by atoms with E-state index >= 15 is 0 Å². The van der Waals surface area contributed by atoms with E-state index in [-0.39, 0.29) is 0 Å². The molecule has 0 radical (unpaired) electrons. The van der Waals surface area contributed by atoms with E-state index in [4.69, 9.17) is 9.47 Å². The highest BCUT2D eigenvalue weighted by Gasteiger charge is 2.05. The number of hydrogen-bond donors (Lipinski definition) is 0. The van der Waals surface area contributed by atoms with Crippen molar-refractivity contribution in [1.82, 2.24) is 0 Å². The predicted molar refractivity (Wildman–Crippen MR) is 91.9 cm³/mol. The van der Waals surface area contributed by atoms with Gasteiger partial charge in [-0.1, -0.05) is 58.0 Å². The van der Waals surface area contributed by atoms with Crippen molar-refractivity contribution in [2.75, 3.05) is 7.11 Å². The van der Waals surface area contributed by atoms with Crippen LogP contribution in [0.1, 0.15) is 43.6 Å². The Morgan fingerprint density at radius 1 is 0.909 bits per heavy atom. The number of hydrogen-bond acceptors (Lipinski definition) is 3. The largest absolute Gasteiger partial charge is 0.493 e. The summed E-state index contributed by atoms with van der Waals surface area (Å²) in [7, 11) is 1.55. The number of rotatable bonds is 5. The minimum Gasteiger partial charge on any atom is -0.493 e. The van der Waals surface area contributed by atoms with E-state index in [1.54, 1.807) is 25.3 Å². The molecule has 3 nitrogen and oxygen atoms in total. The Labute approximate surface area is 133 Å². The first-order valence-electron chi connectivity index (χ1n) is 7.63. The van der Waals surface area contributed by atoms with Gasteiger partial charge in [0.1, 0.15) is 12.9 Å². The molecule has 0 saturated heterocycles. The number of carbonyl (C=O) groups excluding carboxylic acids is 1. The van der Waals surface area contributed by atoms with Gasteiger partial charge in [-0.3, -0.25) is 4.79 Å². The van der Waals surface area contributed by atoms with Crippen molar-refractivity contribution >= 4 is 6.29 Å². The zero-order chi connectivity index (χ0) is 16.8. The van der Waals surface area contributed by atoms with Crippen LogP contribution in [0.25, 0.3) is 0 Å². The highest BCUT2D eigenvalue weighted by atomic mass is 16.5. The quantitative estimate of drug-likeness (QED) is 0.717. The van der Waals surface area contributed by atoms with E-state index in [0.717, 1.165) is 11.8 Å². The zero-order valence-electron chi connectivity index (χ0n) is 14.1. The molecule has 0 fully saturated rings. The standard InChI is InChI=1S/C15H14O3.2C2H6/c1-17-15-9-13(10-16)7-8-14(15)18-11-12-5-3-2-4-6-12;2*1-2/h2-10H,11H2,1H3;2*1-2H3. The van der Waals surface area contributed by atoms with Gasteiger partial charge in [-0.2, -0.15) is 0 Å². The van der Waals surface area contributed by atoms with Crippen molar-refractivity contribution in [2.24, 2.45) is 0 Å². The maximum absolute atomic E-state index is 10.7. The molecule has 0 saturated carbocycles. The molecule has 3 heteroatoms. The molecule has 0 unspecified atom stereocenters. The summed E-state index contributed by atoms with van der Waals surface area (Å²) < 4.78 is 10.9. The minimum absolute atomic E-state index is 0.470. The summed E-state index contributed by atoms with van der Waals surface area (Å²) >= 11 is 0. The van der Waals surface area contributed by atoms with Crippen LogP contribution in [0.2, 0.25) is 0 Å². The molecule has 0 amide bonds. The Morgan fingerprint density at radius 3 is 2.09 bits per heavy atom. The monoisotopic (exact) mass is 302 g/mol. The first kappa shape index (κ1) is 19.7. The molecule has 0 N–H and O–H groups in total. The predicted octanol–water partition coefficient (Wildman–Crippen LogP) is 5.14. The lowest BCUT2D eigenvalue weighted by Crippen LogP contribution is -1.98. The summed E-state index contributed by atoms with van der Waals surface area (Å²) in [6.45, 7) is 8.47. The van der Waals surface area contributed by atoms with E-state index in [1.165, 1.54) is 0 Å². The highest BCUT2D eigenvalue weighted by Crippen LogP contribution is 2.28. The molecule has 2 rings (SSSR count). The van der Waals surface area contributed by atoms with Crippen LogP contribution in [0.15, 0.2) is 48.5 Å². The molecule has 0 aromatic heterocycles. The topological polar surface area (TPSA) is 35.5 Å². The van der Waals surface area contributed by atoms with Gasteiger partial charge in [0.15, 0.2) is 11.5 Å². The summed E-state index contributed by atoms with van der Waals surface area (Å²) in [5, 5.41) is 0. The van der Waals surface area contributed by atoms with Crippen molar-refractivity contribution in [3.05, 3.63) is 59.7 Å². The first-order chi connectivity index (χ1) is 10.8. The van der Waals surface area contributed by atoms with Crippen molar-refractivity contribution in [3.8, 4) is 11.5 Å². The molecular formula is C19H26O3. The van der Waals surface area contributed by atoms with Gasteiger partial charge < -0.3 is 9.47 Å². The Hall–Kier alpha value is -2.29. The first-order valence-corrected chi connectivity index (χ1v) is 7.63. The van der Waals surface area contributed by atoms with Gasteiger partial charge in [0.2, 0.25) is 0 Å². The van der Waals surface area contributed by atoms with E-state index in [0.29, 0.717) is 23.7 Å². The molecular weight excluding hydrogens is 276 g/mol. The smallest absolute Gasteiger partial charge is 0.161 e. The minimum atomic E-state index is 0.470. The second-order valence-corrected chi connectivity index (χ2v) is 3.80. The van der Waals surface area contributed by atoms with Gasteiger partial charge in [-0.15, -0.1) is 0 Å². The lowest BCUT2D eigenvalue weighted by molar-refractivity contribution is 0.112. The van der Waals surface area contributed by atoms with Crippen LogP contribution in [0.5, 0.6) is 11.5 Å². The Bertz CT molecular complexity index is 521. The maximum atomic E-state index is 10.7. The van der Waals surface area contributed by atoms with Crippen LogP contribution in [0.4, 0.5) is 0 Å². The van der Waals surface area contributed by atoms with Gasteiger partial charge in [0.05, 0.1) is 7.11 Å². The van der Waals surface area contributed by atoms with Crippen molar-refractivity contribution in [1.29, 1.82) is 0 Å². The Kier molecular flexibility index (Phi) is 11.2. The summed E-state index contributed by atoms with van der Waals surface area (Å²) in [6, 6.07) is 15.0. The molecule has 0 spiro atoms. The van der Waals surface area contributed by atoms with Crippen LogP contribution in [0.3, 0.4) is 0 Å². The number of methoxy groups -OCH3 is 1. The summed E-state index contributed by atoms with van der Waals surface area (Å²) in [4.78, 5) is 10.7. The number of ether oxygens (including phenoxy) is 2. The fraction of sp³-hybridized carbons (Fsp3) is 0.316. The van der Waals surface area contributed by atoms with Crippen LogP contribution < -0.4 is 9.47 Å². The highest BCUT2D eigenvalue weighted by molar-refractivity contribution is 5.76. The van der Waals surface area contributed by atoms with Gasteiger partial charge in [0, 0.05) is 5.56 Å². The molecule has 0 aliphatic heterocycles. The lowest BCUT2D eigenvalue weighted by atomic mass is 10.2. The number of carbonyl (C=O) groups is 1. The van der Waals surface area contributed by atoms with Crippen molar-refractivity contribution in [2.45, 2.75) is 34.3 Å². The molecule has 0 aliphatic rings. The van der Waals surface area contributed by atoms with Crippen LogP contribution in [0, 0.1) is 0 Å². The van der Waals surface area contributed by atoms with Crippen molar-refractivity contribution in [3.63, 3.8) is 0 Å². The van der Waals surface area contributed by atoms with Gasteiger partial charge >= 0.3 is 0 Å². The molecule has 0 aliphatic carbocycles. The van der Waals surface area contributed by atoms with Gasteiger partial charge in [-0.25, -0.2) is 0 Å². The van der Waals surface area contributed by atoms with Gasteiger partial charge in [-0.05, 0) is 23.8 Å². The fourth-order valence-electron chi connectivity index (χ4n) is 1.61. The Balaban J connectivity index is 0.00000102. The molecule has 2 aromatic rings. The van der Waals surface area contributed by atoms with E-state index in [1.807, 2.05) is 58.0 Å². The fourth-order valence-corrected chi connectivity index (χ4v) is 1.61. The summed E-state index contributed by atoms with van der Waals surface area (Å²) in [6.07, 6.45) is 0.781. The van der Waals surface area contributed by atoms with E-state index in [9.17, 15) is 4.79 Å². The van der Waals surface area contributed by atoms with E-state index in [2.05, 4.69) is 0 Å². The SMILES string of the molecule is CC.CC.COc1cc(C=O)ccc1OCc1ccccc1. The maximum Gasteiger partial charge on any atom is 0.161 e. The average molecular weight is 302 g/mol. The normalized spacial score (nSPS) is 8.59. The molecule has 0 heterocycles. The molecule has 2 aromatic carbocycles. The van der Waals surface area contributed by atoms with Crippen molar-refractivity contribution < 1.29 is 14.3 Å². The third-order valence-corrected chi connectivity index (χ3v) is 2.56. The third-order valence-electron chi connectivity index (χ3n) is 2.56. The summed E-state index contributed by atoms with van der Waals surface area (Å²) in [5.74, 6) is 1.20. The summed E-state index contributed by atoms with van der Waals surface area (Å²) in [5.41, 5.74) is 1.65.